The SMILES string of the molecule is Cn1ccc([C@@H]2CCCN(C(=O)CC#N)C2)n1. The minimum atomic E-state index is -0.0619. The fourth-order valence-corrected chi connectivity index (χ4v) is 2.28. The van der Waals surface area contributed by atoms with Crippen LogP contribution in [0.1, 0.15) is 30.9 Å². The van der Waals surface area contributed by atoms with Gasteiger partial charge in [-0.1, -0.05) is 0 Å². The number of aromatic nitrogens is 2. The third-order valence-corrected chi connectivity index (χ3v) is 3.16. The van der Waals surface area contributed by atoms with Gasteiger partial charge >= 0.3 is 0 Å². The number of nitriles is 1. The third-order valence-electron chi connectivity index (χ3n) is 3.16. The molecule has 1 aliphatic rings. The number of nitrogens with zero attached hydrogens (tertiary/aromatic N) is 4. The van der Waals surface area contributed by atoms with Crippen molar-refractivity contribution >= 4 is 5.91 Å². The van der Waals surface area contributed by atoms with Crippen molar-refractivity contribution in [3.63, 3.8) is 0 Å². The van der Waals surface area contributed by atoms with E-state index in [0.717, 1.165) is 25.1 Å². The number of piperidine rings is 1. The van der Waals surface area contributed by atoms with Crippen molar-refractivity contribution < 1.29 is 4.79 Å². The van der Waals surface area contributed by atoms with E-state index in [1.807, 2.05) is 25.4 Å². The molecule has 1 aliphatic heterocycles. The van der Waals surface area contributed by atoms with E-state index < -0.39 is 0 Å². The van der Waals surface area contributed by atoms with Crippen LogP contribution in [0.2, 0.25) is 0 Å². The van der Waals surface area contributed by atoms with Crippen molar-refractivity contribution in [1.29, 1.82) is 5.26 Å². The van der Waals surface area contributed by atoms with Gasteiger partial charge in [0.15, 0.2) is 0 Å². The molecule has 0 aromatic carbocycles. The Morgan fingerprint density at radius 1 is 1.71 bits per heavy atom. The molecule has 0 radical (unpaired) electrons. The van der Waals surface area contributed by atoms with E-state index in [-0.39, 0.29) is 12.3 Å². The molecule has 5 heteroatoms. The number of hydrogen-bond acceptors (Lipinski definition) is 3. The lowest BCUT2D eigenvalue weighted by Gasteiger charge is -2.31. The maximum atomic E-state index is 11.7. The monoisotopic (exact) mass is 232 g/mol. The molecule has 2 heterocycles. The van der Waals surface area contributed by atoms with Crippen molar-refractivity contribution in [2.75, 3.05) is 13.1 Å². The lowest BCUT2D eigenvalue weighted by Crippen LogP contribution is -2.39. The quantitative estimate of drug-likeness (QED) is 0.765. The molecule has 17 heavy (non-hydrogen) atoms. The topological polar surface area (TPSA) is 61.9 Å². The van der Waals surface area contributed by atoms with E-state index in [0.29, 0.717) is 12.5 Å². The van der Waals surface area contributed by atoms with Gasteiger partial charge in [0.1, 0.15) is 6.42 Å². The van der Waals surface area contributed by atoms with Crippen LogP contribution in [0.25, 0.3) is 0 Å². The minimum Gasteiger partial charge on any atom is -0.341 e. The Hall–Kier alpha value is -1.83. The van der Waals surface area contributed by atoms with Crippen molar-refractivity contribution in [2.24, 2.45) is 7.05 Å². The molecule has 1 aromatic heterocycles. The average Bonchev–Trinajstić information content (AvgIpc) is 2.76. The smallest absolute Gasteiger partial charge is 0.236 e. The minimum absolute atomic E-state index is 0.0189. The first-order valence-electron chi connectivity index (χ1n) is 5.85. The van der Waals surface area contributed by atoms with E-state index in [2.05, 4.69) is 5.10 Å². The summed E-state index contributed by atoms with van der Waals surface area (Å²) in [4.78, 5) is 13.4. The summed E-state index contributed by atoms with van der Waals surface area (Å²) in [6, 6.07) is 3.92. The van der Waals surface area contributed by atoms with Crippen LogP contribution < -0.4 is 0 Å². The summed E-state index contributed by atoms with van der Waals surface area (Å²) in [6.07, 6.45) is 3.95. The van der Waals surface area contributed by atoms with E-state index in [4.69, 9.17) is 5.26 Å². The highest BCUT2D eigenvalue weighted by atomic mass is 16.2. The van der Waals surface area contributed by atoms with E-state index >= 15 is 0 Å². The van der Waals surface area contributed by atoms with Crippen LogP contribution in [-0.2, 0) is 11.8 Å². The number of carbonyl (C=O) groups excluding carboxylic acids is 1. The summed E-state index contributed by atoms with van der Waals surface area (Å²) in [5.74, 6) is 0.251. The Balaban J connectivity index is 2.02. The summed E-state index contributed by atoms with van der Waals surface area (Å²) < 4.78 is 1.78. The summed E-state index contributed by atoms with van der Waals surface area (Å²) in [5, 5.41) is 12.9. The maximum Gasteiger partial charge on any atom is 0.236 e. The maximum absolute atomic E-state index is 11.7. The molecule has 0 N–H and O–H groups in total. The molecule has 5 nitrogen and oxygen atoms in total. The van der Waals surface area contributed by atoms with Crippen LogP contribution in [0.3, 0.4) is 0 Å². The van der Waals surface area contributed by atoms with Crippen molar-refractivity contribution in [3.8, 4) is 6.07 Å². The Kier molecular flexibility index (Phi) is 3.43. The Morgan fingerprint density at radius 3 is 3.18 bits per heavy atom. The van der Waals surface area contributed by atoms with Gasteiger partial charge < -0.3 is 4.90 Å². The van der Waals surface area contributed by atoms with Crippen LogP contribution in [0, 0.1) is 11.3 Å². The first-order valence-corrected chi connectivity index (χ1v) is 5.85. The van der Waals surface area contributed by atoms with E-state index in [1.54, 1.807) is 9.58 Å². The number of amides is 1. The van der Waals surface area contributed by atoms with Gasteiger partial charge in [0.05, 0.1) is 11.8 Å². The van der Waals surface area contributed by atoms with Crippen LogP contribution >= 0.6 is 0 Å². The second-order valence-corrected chi connectivity index (χ2v) is 4.43. The highest BCUT2D eigenvalue weighted by Crippen LogP contribution is 2.25. The molecular weight excluding hydrogens is 216 g/mol. The molecule has 0 spiro atoms. The van der Waals surface area contributed by atoms with Crippen LogP contribution in [0.5, 0.6) is 0 Å². The molecule has 0 unspecified atom stereocenters. The zero-order valence-electron chi connectivity index (χ0n) is 9.96. The molecule has 1 atom stereocenters. The Labute approximate surface area is 101 Å². The van der Waals surface area contributed by atoms with Gasteiger partial charge in [-0.15, -0.1) is 0 Å². The molecule has 90 valence electrons. The number of carbonyl (C=O) groups is 1. The third kappa shape index (κ3) is 2.64. The highest BCUT2D eigenvalue weighted by molar-refractivity contribution is 5.78. The van der Waals surface area contributed by atoms with Crippen LogP contribution in [0.15, 0.2) is 12.3 Å². The summed E-state index contributed by atoms with van der Waals surface area (Å²) >= 11 is 0. The normalized spacial score (nSPS) is 20.0. The van der Waals surface area contributed by atoms with Crippen molar-refractivity contribution in [2.45, 2.75) is 25.2 Å². The molecule has 0 bridgehead atoms. The fourth-order valence-electron chi connectivity index (χ4n) is 2.28. The number of aryl methyl sites for hydroxylation is 1. The van der Waals surface area contributed by atoms with Crippen molar-refractivity contribution in [1.82, 2.24) is 14.7 Å². The summed E-state index contributed by atoms with van der Waals surface area (Å²) in [6.45, 7) is 1.46. The zero-order chi connectivity index (χ0) is 12.3. The van der Waals surface area contributed by atoms with E-state index in [1.165, 1.54) is 0 Å². The zero-order valence-corrected chi connectivity index (χ0v) is 9.96. The first kappa shape index (κ1) is 11.6. The summed E-state index contributed by atoms with van der Waals surface area (Å²) in [5.41, 5.74) is 1.04. The molecule has 0 saturated carbocycles. The molecular formula is C12H16N4O. The Bertz CT molecular complexity index is 446. The number of hydrogen-bond donors (Lipinski definition) is 0. The second kappa shape index (κ2) is 5.00. The summed E-state index contributed by atoms with van der Waals surface area (Å²) in [7, 11) is 1.89. The molecule has 1 aromatic rings. The van der Waals surface area contributed by atoms with E-state index in [9.17, 15) is 4.79 Å². The lowest BCUT2D eigenvalue weighted by atomic mass is 9.95. The van der Waals surface area contributed by atoms with Crippen LogP contribution in [-0.4, -0.2) is 33.7 Å². The van der Waals surface area contributed by atoms with Gasteiger partial charge in [0.2, 0.25) is 5.91 Å². The molecule has 1 amide bonds. The molecule has 1 fully saturated rings. The number of likely N-dealkylation sites (tertiary alicyclic amines) is 1. The predicted molar refractivity (Wildman–Crippen MR) is 62.0 cm³/mol. The fraction of sp³-hybridized carbons (Fsp3) is 0.583. The average molecular weight is 232 g/mol. The van der Waals surface area contributed by atoms with Crippen molar-refractivity contribution in [3.05, 3.63) is 18.0 Å². The second-order valence-electron chi connectivity index (χ2n) is 4.43. The predicted octanol–water partition coefficient (Wildman–Crippen LogP) is 1.04. The van der Waals surface area contributed by atoms with Gasteiger partial charge in [-0.3, -0.25) is 9.48 Å². The van der Waals surface area contributed by atoms with Gasteiger partial charge in [-0.25, -0.2) is 0 Å². The largest absolute Gasteiger partial charge is 0.341 e. The van der Waals surface area contributed by atoms with Gasteiger partial charge in [0.25, 0.3) is 0 Å². The lowest BCUT2D eigenvalue weighted by molar-refractivity contribution is -0.131. The first-order chi connectivity index (χ1) is 8.20. The molecule has 2 rings (SSSR count). The van der Waals surface area contributed by atoms with Gasteiger partial charge in [-0.2, -0.15) is 10.4 Å². The highest BCUT2D eigenvalue weighted by Gasteiger charge is 2.25. The molecule has 0 aliphatic carbocycles. The molecule has 1 saturated heterocycles. The van der Waals surface area contributed by atoms with Gasteiger partial charge in [-0.05, 0) is 18.9 Å². The van der Waals surface area contributed by atoms with Gasteiger partial charge in [0, 0.05) is 32.3 Å². The Morgan fingerprint density at radius 2 is 2.53 bits per heavy atom. The number of rotatable bonds is 2. The standard InChI is InChI=1S/C12H16N4O/c1-15-8-5-11(14-15)10-3-2-7-16(9-10)12(17)4-6-13/h5,8,10H,2-4,7,9H2,1H3/t10-/m1/s1. The van der Waals surface area contributed by atoms with Crippen LogP contribution in [0.4, 0.5) is 0 Å².